The van der Waals surface area contributed by atoms with Crippen molar-refractivity contribution in [3.05, 3.63) is 0 Å². The first-order valence-electron chi connectivity index (χ1n) is 23.5. The topological polar surface area (TPSA) is 78.9 Å². The number of unbranched alkanes of at least 4 members (excludes halogenated alkanes) is 32. The quantitative estimate of drug-likeness (QED) is 0.0351. The molecule has 0 aliphatic carbocycles. The van der Waals surface area contributed by atoms with Gasteiger partial charge in [0.25, 0.3) is 0 Å². The Balaban J connectivity index is 4.30. The standard InChI is InChI=1S/C47H90O6/c1-4-7-10-13-16-19-22-23-24-26-28-31-34-37-40-46(49)52-43-44(42-51-45(48)39-36-33-30-27-21-18-15-12-9-6-3)53-47(50)41-38-35-32-29-25-20-17-14-11-8-5-2/h44H,4-43H2,1-3H3/t44-/m0/s1. The second-order valence-corrected chi connectivity index (χ2v) is 16.0. The zero-order valence-electron chi connectivity index (χ0n) is 35.8. The zero-order chi connectivity index (χ0) is 38.7. The molecule has 0 unspecified atom stereocenters. The number of carbonyl (C=O) groups is 3. The van der Waals surface area contributed by atoms with Crippen molar-refractivity contribution in [2.45, 2.75) is 271 Å². The number of rotatable bonds is 43. The Morgan fingerprint density at radius 3 is 0.755 bits per heavy atom. The summed E-state index contributed by atoms with van der Waals surface area (Å²) >= 11 is 0. The summed E-state index contributed by atoms with van der Waals surface area (Å²) in [6.45, 7) is 6.64. The van der Waals surface area contributed by atoms with Crippen LogP contribution in [0.15, 0.2) is 0 Å². The Morgan fingerprint density at radius 1 is 0.302 bits per heavy atom. The van der Waals surface area contributed by atoms with E-state index in [2.05, 4.69) is 20.8 Å². The Bertz CT molecular complexity index is 783. The van der Waals surface area contributed by atoms with Gasteiger partial charge in [0.1, 0.15) is 13.2 Å². The third-order valence-electron chi connectivity index (χ3n) is 10.6. The number of hydrogen-bond donors (Lipinski definition) is 0. The molecular weight excluding hydrogens is 661 g/mol. The highest BCUT2D eigenvalue weighted by molar-refractivity contribution is 5.71. The van der Waals surface area contributed by atoms with E-state index in [0.29, 0.717) is 19.3 Å². The van der Waals surface area contributed by atoms with Gasteiger partial charge in [-0.2, -0.15) is 0 Å². The highest BCUT2D eigenvalue weighted by Gasteiger charge is 2.19. The molecule has 0 saturated heterocycles. The van der Waals surface area contributed by atoms with Gasteiger partial charge in [-0.1, -0.05) is 226 Å². The van der Waals surface area contributed by atoms with Crippen LogP contribution in [0.1, 0.15) is 265 Å². The molecule has 0 bridgehead atoms. The molecule has 53 heavy (non-hydrogen) atoms. The lowest BCUT2D eigenvalue weighted by Crippen LogP contribution is -2.30. The van der Waals surface area contributed by atoms with Crippen LogP contribution in [0.5, 0.6) is 0 Å². The first kappa shape index (κ1) is 51.4. The molecule has 0 fully saturated rings. The van der Waals surface area contributed by atoms with Crippen molar-refractivity contribution < 1.29 is 28.6 Å². The van der Waals surface area contributed by atoms with Gasteiger partial charge in [-0.05, 0) is 19.3 Å². The molecule has 0 aromatic heterocycles. The van der Waals surface area contributed by atoms with Gasteiger partial charge in [-0.15, -0.1) is 0 Å². The molecule has 0 saturated carbocycles. The Labute approximate surface area is 329 Å². The number of hydrogen-bond acceptors (Lipinski definition) is 6. The minimum Gasteiger partial charge on any atom is -0.462 e. The number of carbonyl (C=O) groups excluding carboxylic acids is 3. The second-order valence-electron chi connectivity index (χ2n) is 16.0. The van der Waals surface area contributed by atoms with E-state index in [0.717, 1.165) is 57.8 Å². The Kier molecular flexibility index (Phi) is 41.8. The van der Waals surface area contributed by atoms with E-state index in [1.807, 2.05) is 0 Å². The molecule has 6 heteroatoms. The molecule has 0 aromatic rings. The molecule has 0 aliphatic rings. The van der Waals surface area contributed by atoms with Crippen LogP contribution < -0.4 is 0 Å². The molecule has 0 heterocycles. The summed E-state index contributed by atoms with van der Waals surface area (Å²) in [6.07, 6.45) is 43.6. The summed E-state index contributed by atoms with van der Waals surface area (Å²) in [6, 6.07) is 0. The number of ether oxygens (including phenoxy) is 3. The van der Waals surface area contributed by atoms with Crippen molar-refractivity contribution >= 4 is 17.9 Å². The second kappa shape index (κ2) is 43.1. The Morgan fingerprint density at radius 2 is 0.509 bits per heavy atom. The van der Waals surface area contributed by atoms with Gasteiger partial charge in [-0.3, -0.25) is 14.4 Å². The van der Waals surface area contributed by atoms with E-state index >= 15 is 0 Å². The van der Waals surface area contributed by atoms with Crippen LogP contribution in [0.3, 0.4) is 0 Å². The van der Waals surface area contributed by atoms with Gasteiger partial charge in [-0.25, -0.2) is 0 Å². The highest BCUT2D eigenvalue weighted by Crippen LogP contribution is 2.16. The molecular formula is C47H90O6. The van der Waals surface area contributed by atoms with E-state index < -0.39 is 6.10 Å². The predicted octanol–water partition coefficient (Wildman–Crippen LogP) is 14.9. The van der Waals surface area contributed by atoms with Gasteiger partial charge < -0.3 is 14.2 Å². The summed E-state index contributed by atoms with van der Waals surface area (Å²) in [5.74, 6) is -0.851. The van der Waals surface area contributed by atoms with Crippen LogP contribution in [0.2, 0.25) is 0 Å². The molecule has 0 aromatic carbocycles. The van der Waals surface area contributed by atoms with Crippen molar-refractivity contribution in [2.75, 3.05) is 13.2 Å². The largest absolute Gasteiger partial charge is 0.462 e. The monoisotopic (exact) mass is 751 g/mol. The van der Waals surface area contributed by atoms with Gasteiger partial charge in [0, 0.05) is 19.3 Å². The maximum atomic E-state index is 12.7. The summed E-state index contributed by atoms with van der Waals surface area (Å²) < 4.78 is 16.7. The molecule has 6 nitrogen and oxygen atoms in total. The lowest BCUT2D eigenvalue weighted by atomic mass is 10.0. The van der Waals surface area contributed by atoms with Crippen molar-refractivity contribution in [3.63, 3.8) is 0 Å². The van der Waals surface area contributed by atoms with Crippen molar-refractivity contribution in [3.8, 4) is 0 Å². The molecule has 0 radical (unpaired) electrons. The fourth-order valence-electron chi connectivity index (χ4n) is 7.03. The summed E-state index contributed by atoms with van der Waals surface area (Å²) in [5.41, 5.74) is 0. The fraction of sp³-hybridized carbons (Fsp3) is 0.936. The van der Waals surface area contributed by atoms with Crippen molar-refractivity contribution in [2.24, 2.45) is 0 Å². The smallest absolute Gasteiger partial charge is 0.306 e. The maximum Gasteiger partial charge on any atom is 0.306 e. The van der Waals surface area contributed by atoms with E-state index in [1.54, 1.807) is 0 Å². The van der Waals surface area contributed by atoms with E-state index in [4.69, 9.17) is 14.2 Å². The minimum atomic E-state index is -0.757. The summed E-state index contributed by atoms with van der Waals surface area (Å²) in [7, 11) is 0. The predicted molar refractivity (Wildman–Crippen MR) is 224 cm³/mol. The molecule has 314 valence electrons. The van der Waals surface area contributed by atoms with E-state index in [1.165, 1.54) is 167 Å². The normalized spacial score (nSPS) is 11.8. The van der Waals surface area contributed by atoms with Gasteiger partial charge >= 0.3 is 17.9 Å². The third kappa shape index (κ3) is 41.4. The van der Waals surface area contributed by atoms with E-state index in [9.17, 15) is 14.4 Å². The van der Waals surface area contributed by atoms with Crippen LogP contribution in [-0.4, -0.2) is 37.2 Å². The zero-order valence-corrected chi connectivity index (χ0v) is 35.8. The Hall–Kier alpha value is -1.59. The first-order valence-corrected chi connectivity index (χ1v) is 23.5. The first-order chi connectivity index (χ1) is 26.0. The van der Waals surface area contributed by atoms with Gasteiger partial charge in [0.2, 0.25) is 0 Å². The molecule has 0 aliphatic heterocycles. The van der Waals surface area contributed by atoms with Crippen LogP contribution >= 0.6 is 0 Å². The van der Waals surface area contributed by atoms with Crippen LogP contribution in [0, 0.1) is 0 Å². The van der Waals surface area contributed by atoms with Gasteiger partial charge in [0.05, 0.1) is 0 Å². The van der Waals surface area contributed by atoms with Crippen LogP contribution in [0.4, 0.5) is 0 Å². The molecule has 0 spiro atoms. The van der Waals surface area contributed by atoms with Crippen LogP contribution in [0.25, 0.3) is 0 Å². The lowest BCUT2D eigenvalue weighted by Gasteiger charge is -2.18. The molecule has 0 rings (SSSR count). The van der Waals surface area contributed by atoms with Crippen molar-refractivity contribution in [1.82, 2.24) is 0 Å². The molecule has 1 atom stereocenters. The summed E-state index contributed by atoms with van der Waals surface area (Å²) in [5, 5.41) is 0. The minimum absolute atomic E-state index is 0.0625. The van der Waals surface area contributed by atoms with Crippen LogP contribution in [-0.2, 0) is 28.6 Å². The molecule has 0 amide bonds. The summed E-state index contributed by atoms with van der Waals surface area (Å²) in [4.78, 5) is 37.7. The van der Waals surface area contributed by atoms with Gasteiger partial charge in [0.15, 0.2) is 6.10 Å². The third-order valence-corrected chi connectivity index (χ3v) is 10.6. The molecule has 0 N–H and O–H groups in total. The highest BCUT2D eigenvalue weighted by atomic mass is 16.6. The van der Waals surface area contributed by atoms with E-state index in [-0.39, 0.29) is 31.1 Å². The average molecular weight is 751 g/mol. The maximum absolute atomic E-state index is 12.7. The average Bonchev–Trinajstić information content (AvgIpc) is 3.15. The fourth-order valence-corrected chi connectivity index (χ4v) is 7.03. The lowest BCUT2D eigenvalue weighted by molar-refractivity contribution is -0.167. The SMILES string of the molecule is CCCCCCCCCCCCCCCCC(=O)OC[C@H](COC(=O)CCCCCCCCCCCC)OC(=O)CCCCCCCCCCCCC. The van der Waals surface area contributed by atoms with Crippen molar-refractivity contribution in [1.29, 1.82) is 0 Å². The number of esters is 3.